The number of unbranched alkanes of at least 4 members (excludes halogenated alkanes) is 13. The lowest BCUT2D eigenvalue weighted by Crippen LogP contribution is -2.39. The minimum atomic E-state index is -2.96. The van der Waals surface area contributed by atoms with E-state index in [1.165, 1.54) is 90.0 Å². The van der Waals surface area contributed by atoms with E-state index >= 15 is 0 Å². The molecule has 0 saturated carbocycles. The summed E-state index contributed by atoms with van der Waals surface area (Å²) in [5.74, 6) is 0. The zero-order chi connectivity index (χ0) is 27.6. The van der Waals surface area contributed by atoms with E-state index in [0.29, 0.717) is 0 Å². The van der Waals surface area contributed by atoms with E-state index in [2.05, 4.69) is 17.1 Å². The smallest absolute Gasteiger partial charge is 0.393 e. The van der Waals surface area contributed by atoms with Crippen LogP contribution in [0.5, 0.6) is 0 Å². The summed E-state index contributed by atoms with van der Waals surface area (Å²) < 4.78 is 28.9. The topological polar surface area (TPSA) is 141 Å². The molecule has 0 amide bonds. The van der Waals surface area contributed by atoms with Gasteiger partial charge in [-0.05, 0) is 12.8 Å². The largest absolute Gasteiger partial charge is 0.695 e. The highest BCUT2D eigenvalue weighted by Crippen LogP contribution is 2.37. The zero-order valence-electron chi connectivity index (χ0n) is 22.8. The van der Waals surface area contributed by atoms with Gasteiger partial charge in [0, 0.05) is 30.2 Å². The van der Waals surface area contributed by atoms with E-state index in [1.54, 1.807) is 6.21 Å². The predicted molar refractivity (Wildman–Crippen MR) is 145 cm³/mol. The van der Waals surface area contributed by atoms with Crippen molar-refractivity contribution in [1.82, 2.24) is 9.55 Å². The molecule has 1 aliphatic rings. The minimum Gasteiger partial charge on any atom is -0.393 e. The molecule has 1 aromatic rings. The maximum atomic E-state index is 12.2. The summed E-state index contributed by atoms with van der Waals surface area (Å²) in [6.45, 7) is 2.18. The van der Waals surface area contributed by atoms with Crippen LogP contribution in [0.3, 0.4) is 0 Å². The van der Waals surface area contributed by atoms with Gasteiger partial charge in [-0.1, -0.05) is 89.1 Å². The molecule has 2 heterocycles. The summed E-state index contributed by atoms with van der Waals surface area (Å²) in [5.41, 5.74) is -1.25. The molecule has 5 atom stereocenters. The molecule has 2 N–H and O–H groups in total. The Hall–Kier alpha value is -1.91. The lowest BCUT2D eigenvalue weighted by atomic mass is 10.0. The summed E-state index contributed by atoms with van der Waals surface area (Å²) in [4.78, 5) is 40.4. The van der Waals surface area contributed by atoms with Crippen LogP contribution in [0.4, 0.5) is 0 Å². The lowest BCUT2D eigenvalue weighted by Gasteiger charge is -2.19. The molecular weight excluding hydrogens is 513 g/mol. The van der Waals surface area contributed by atoms with Crippen molar-refractivity contribution < 1.29 is 28.3 Å². The summed E-state index contributed by atoms with van der Waals surface area (Å²) >= 11 is 0. The molecule has 0 spiro atoms. The van der Waals surface area contributed by atoms with Crippen LogP contribution >= 0.6 is 8.25 Å². The molecule has 216 valence electrons. The number of aromatic nitrogens is 2. The zero-order valence-corrected chi connectivity index (χ0v) is 23.7. The fourth-order valence-electron chi connectivity index (χ4n) is 4.65. The van der Waals surface area contributed by atoms with Crippen LogP contribution in [-0.2, 0) is 23.4 Å². The second kappa shape index (κ2) is 19.2. The third-order valence-corrected chi connectivity index (χ3v) is 7.14. The minimum absolute atomic E-state index is 0.0720. The molecular formula is C26H45N3O8P+. The average Bonchev–Trinajstić information content (AvgIpc) is 3.21. The van der Waals surface area contributed by atoms with Crippen molar-refractivity contribution in [2.45, 2.75) is 121 Å². The van der Waals surface area contributed by atoms with Crippen LogP contribution in [-0.4, -0.2) is 52.7 Å². The Morgan fingerprint density at radius 3 is 2.18 bits per heavy atom. The van der Waals surface area contributed by atoms with E-state index in [0.717, 1.165) is 23.8 Å². The van der Waals surface area contributed by atoms with Crippen molar-refractivity contribution >= 4 is 14.5 Å². The number of oxime groups is 1. The fourth-order valence-corrected chi connectivity index (χ4v) is 5.12. The van der Waals surface area contributed by atoms with Gasteiger partial charge in [-0.25, -0.2) is 4.79 Å². The highest BCUT2D eigenvalue weighted by Gasteiger charge is 2.51. The van der Waals surface area contributed by atoms with E-state index in [1.807, 2.05) is 0 Å². The fraction of sp³-hybridized carbons (Fsp3) is 0.808. The van der Waals surface area contributed by atoms with Crippen LogP contribution in [0.15, 0.2) is 27.0 Å². The van der Waals surface area contributed by atoms with Crippen LogP contribution in [0.25, 0.3) is 0 Å². The SMILES string of the molecule is CCCCCCCCCCCCCCC/C=N/OC[C@H]1O[C@@H](n2ccc(=O)[nH]c2=O)[C@@H](OC)C1O[P+](=O)O. The first-order valence-electron chi connectivity index (χ1n) is 13.9. The summed E-state index contributed by atoms with van der Waals surface area (Å²) in [5, 5.41) is 3.97. The van der Waals surface area contributed by atoms with Gasteiger partial charge in [0.15, 0.2) is 12.3 Å². The van der Waals surface area contributed by atoms with Crippen molar-refractivity contribution in [2.75, 3.05) is 13.7 Å². The average molecular weight is 559 g/mol. The molecule has 1 saturated heterocycles. The summed E-state index contributed by atoms with van der Waals surface area (Å²) in [6.07, 6.45) is 16.9. The first-order valence-corrected chi connectivity index (χ1v) is 15.1. The number of aromatic amines is 1. The second-order valence-electron chi connectivity index (χ2n) is 9.71. The van der Waals surface area contributed by atoms with Crippen LogP contribution in [0.2, 0.25) is 0 Å². The Labute approximate surface area is 225 Å². The lowest BCUT2D eigenvalue weighted by molar-refractivity contribution is -0.0714. The maximum Gasteiger partial charge on any atom is 0.695 e. The van der Waals surface area contributed by atoms with E-state index in [-0.39, 0.29) is 6.61 Å². The van der Waals surface area contributed by atoms with Gasteiger partial charge in [0.1, 0.15) is 18.8 Å². The Morgan fingerprint density at radius 1 is 1.03 bits per heavy atom. The van der Waals surface area contributed by atoms with Gasteiger partial charge in [0.05, 0.1) is 0 Å². The molecule has 0 aliphatic carbocycles. The van der Waals surface area contributed by atoms with Crippen molar-refractivity contribution in [3.8, 4) is 0 Å². The van der Waals surface area contributed by atoms with Crippen molar-refractivity contribution in [1.29, 1.82) is 0 Å². The quantitative estimate of drug-likeness (QED) is 0.0933. The van der Waals surface area contributed by atoms with Gasteiger partial charge in [-0.3, -0.25) is 14.3 Å². The highest BCUT2D eigenvalue weighted by molar-refractivity contribution is 7.32. The number of hydrogen-bond donors (Lipinski definition) is 2. The first-order chi connectivity index (χ1) is 18.5. The van der Waals surface area contributed by atoms with Crippen LogP contribution in [0.1, 0.15) is 103 Å². The predicted octanol–water partition coefficient (Wildman–Crippen LogP) is 4.97. The second-order valence-corrected chi connectivity index (χ2v) is 10.4. The van der Waals surface area contributed by atoms with Crippen molar-refractivity contribution in [3.05, 3.63) is 33.1 Å². The van der Waals surface area contributed by atoms with Gasteiger partial charge in [-0.2, -0.15) is 0 Å². The summed E-state index contributed by atoms with van der Waals surface area (Å²) in [7, 11) is -1.59. The molecule has 38 heavy (non-hydrogen) atoms. The highest BCUT2D eigenvalue weighted by atomic mass is 31.1. The third-order valence-electron chi connectivity index (χ3n) is 6.72. The van der Waals surface area contributed by atoms with Gasteiger partial charge in [-0.15, -0.1) is 9.42 Å². The molecule has 2 rings (SSSR count). The molecule has 12 heteroatoms. The van der Waals surface area contributed by atoms with Crippen molar-refractivity contribution in [2.24, 2.45) is 5.16 Å². The number of hydrogen-bond acceptors (Lipinski definition) is 8. The number of ether oxygens (including phenoxy) is 2. The number of rotatable bonds is 21. The van der Waals surface area contributed by atoms with Gasteiger partial charge < -0.3 is 14.3 Å². The normalized spacial score (nSPS) is 21.8. The molecule has 0 aromatic carbocycles. The molecule has 1 aromatic heterocycles. The Bertz CT molecular complexity index is 938. The van der Waals surface area contributed by atoms with Crippen LogP contribution in [0, 0.1) is 0 Å². The standard InChI is InChI=1S/C26H44N3O8P/c1-3-4-5-6-7-8-9-10-11-12-13-14-15-16-18-27-35-20-21-23(37-38(32)33)24(34-2)25(36-21)29-19-17-22(30)28-26(29)31/h17-19,21,23-25H,3-16,20H2,1-2H3,(H-,28,30,31,32,33)/p+1/b27-18+/t21-,23?,24+,25-/m1/s1. The maximum absolute atomic E-state index is 12.2. The monoisotopic (exact) mass is 558 g/mol. The van der Waals surface area contributed by atoms with Gasteiger partial charge in [0.2, 0.25) is 0 Å². The van der Waals surface area contributed by atoms with E-state index in [9.17, 15) is 19.0 Å². The Morgan fingerprint density at radius 2 is 1.63 bits per heavy atom. The number of methoxy groups -OCH3 is 1. The molecule has 1 fully saturated rings. The van der Waals surface area contributed by atoms with E-state index in [4.69, 9.17) is 18.8 Å². The molecule has 1 aliphatic heterocycles. The molecule has 2 unspecified atom stereocenters. The number of nitrogens with zero attached hydrogens (tertiary/aromatic N) is 2. The molecule has 0 bridgehead atoms. The summed E-state index contributed by atoms with van der Waals surface area (Å²) in [6, 6.07) is 1.17. The Kier molecular flexibility index (Phi) is 16.3. The third kappa shape index (κ3) is 11.9. The van der Waals surface area contributed by atoms with E-state index < -0.39 is 44.0 Å². The molecule has 0 radical (unpaired) electrons. The van der Waals surface area contributed by atoms with Crippen molar-refractivity contribution in [3.63, 3.8) is 0 Å². The molecule has 11 nitrogen and oxygen atoms in total. The van der Waals surface area contributed by atoms with Gasteiger partial charge >= 0.3 is 13.9 Å². The number of H-pyrrole nitrogens is 1. The van der Waals surface area contributed by atoms with Crippen LogP contribution < -0.4 is 11.2 Å². The van der Waals surface area contributed by atoms with Gasteiger partial charge in [0.25, 0.3) is 5.56 Å². The Balaban J connectivity index is 1.65. The first kappa shape index (κ1) is 32.3. The number of nitrogens with one attached hydrogen (secondary N) is 1.